The average molecular weight is 359 g/mol. The molecule has 4 rings (SSSR count). The number of rotatable bonds is 2. The number of hydrogen-bond acceptors (Lipinski definition) is 3. The molecule has 3 heterocycles. The van der Waals surface area contributed by atoms with Crippen LogP contribution in [0.3, 0.4) is 0 Å². The van der Waals surface area contributed by atoms with Crippen LogP contribution in [0.2, 0.25) is 0 Å². The summed E-state index contributed by atoms with van der Waals surface area (Å²) in [5.41, 5.74) is 3.99. The van der Waals surface area contributed by atoms with Gasteiger partial charge in [-0.05, 0) is 38.0 Å². The molecule has 1 aromatic carbocycles. The summed E-state index contributed by atoms with van der Waals surface area (Å²) >= 11 is 0. The van der Waals surface area contributed by atoms with E-state index in [-0.39, 0.29) is 11.4 Å². The van der Waals surface area contributed by atoms with Crippen molar-refractivity contribution in [1.29, 1.82) is 0 Å². The summed E-state index contributed by atoms with van der Waals surface area (Å²) < 4.78 is 0. The molecule has 4 heteroatoms. The third kappa shape index (κ3) is 2.43. The first-order chi connectivity index (χ1) is 12.8. The molecule has 0 fully saturated rings. The predicted octanol–water partition coefficient (Wildman–Crippen LogP) is 4.35. The summed E-state index contributed by atoms with van der Waals surface area (Å²) in [6.45, 7) is 10.2. The minimum Gasteiger partial charge on any atom is -0.343 e. The van der Waals surface area contributed by atoms with Gasteiger partial charge in [0.05, 0.1) is 11.0 Å². The van der Waals surface area contributed by atoms with E-state index >= 15 is 0 Å². The molecule has 0 saturated carbocycles. The van der Waals surface area contributed by atoms with Crippen LogP contribution >= 0.6 is 0 Å². The van der Waals surface area contributed by atoms with Gasteiger partial charge in [0.2, 0.25) is 0 Å². The van der Waals surface area contributed by atoms with Crippen molar-refractivity contribution in [3.63, 3.8) is 0 Å². The van der Waals surface area contributed by atoms with Crippen LogP contribution < -0.4 is 5.32 Å². The van der Waals surface area contributed by atoms with Gasteiger partial charge in [0.15, 0.2) is 0 Å². The summed E-state index contributed by atoms with van der Waals surface area (Å²) in [4.78, 5) is 20.0. The van der Waals surface area contributed by atoms with Gasteiger partial charge in [-0.3, -0.25) is 4.79 Å². The van der Waals surface area contributed by atoms with Gasteiger partial charge < -0.3 is 10.2 Å². The van der Waals surface area contributed by atoms with Gasteiger partial charge in [-0.25, -0.2) is 4.98 Å². The molecule has 0 aliphatic carbocycles. The zero-order valence-corrected chi connectivity index (χ0v) is 16.3. The summed E-state index contributed by atoms with van der Waals surface area (Å²) in [7, 11) is 1.89. The lowest BCUT2D eigenvalue weighted by molar-refractivity contribution is -0.132. The Bertz CT molecular complexity index is 974. The number of amides is 1. The molecule has 1 unspecified atom stereocenters. The van der Waals surface area contributed by atoms with Crippen molar-refractivity contribution in [2.45, 2.75) is 38.1 Å². The zero-order valence-electron chi connectivity index (χ0n) is 16.3. The molecule has 1 amide bonds. The van der Waals surface area contributed by atoms with Crippen LogP contribution in [0.1, 0.15) is 43.9 Å². The smallest absolute Gasteiger partial charge is 0.252 e. The van der Waals surface area contributed by atoms with Gasteiger partial charge >= 0.3 is 0 Å². The predicted molar refractivity (Wildman–Crippen MR) is 109 cm³/mol. The Hall–Kier alpha value is -2.88. The standard InChI is InChI=1S/C23H25N3O/c1-6-15-12-17-20(24-14-15)25-18-13-22(2,3)26(5)21(27)19(18)23(17,4)16-10-8-7-9-11-16/h6-12,14H,1,13H2,2-5H3,(H,24,25). The van der Waals surface area contributed by atoms with Gasteiger partial charge in [0.25, 0.3) is 5.91 Å². The summed E-state index contributed by atoms with van der Waals surface area (Å²) in [5.74, 6) is 0.883. The van der Waals surface area contributed by atoms with E-state index in [0.717, 1.165) is 40.2 Å². The van der Waals surface area contributed by atoms with E-state index in [1.807, 2.05) is 36.3 Å². The fourth-order valence-corrected chi connectivity index (χ4v) is 4.26. The molecule has 0 bridgehead atoms. The van der Waals surface area contributed by atoms with Crippen LogP contribution in [0.5, 0.6) is 0 Å². The van der Waals surface area contributed by atoms with Gasteiger partial charge in [-0.2, -0.15) is 0 Å². The summed E-state index contributed by atoms with van der Waals surface area (Å²) in [6, 6.07) is 12.3. The first-order valence-corrected chi connectivity index (χ1v) is 9.26. The quantitative estimate of drug-likeness (QED) is 0.867. The fourth-order valence-electron chi connectivity index (χ4n) is 4.26. The van der Waals surface area contributed by atoms with E-state index in [2.05, 4.69) is 55.9 Å². The van der Waals surface area contributed by atoms with Gasteiger partial charge in [0, 0.05) is 36.5 Å². The monoisotopic (exact) mass is 359 g/mol. The van der Waals surface area contributed by atoms with Crippen molar-refractivity contribution in [2.75, 3.05) is 12.4 Å². The van der Waals surface area contributed by atoms with E-state index in [9.17, 15) is 4.79 Å². The molecule has 27 heavy (non-hydrogen) atoms. The number of nitrogens with zero attached hydrogens (tertiary/aromatic N) is 2. The number of likely N-dealkylation sites (N-methyl/N-ethyl adjacent to an activating group) is 1. The maximum absolute atomic E-state index is 13.5. The largest absolute Gasteiger partial charge is 0.343 e. The lowest BCUT2D eigenvalue weighted by Gasteiger charge is -2.48. The van der Waals surface area contributed by atoms with E-state index in [1.165, 1.54) is 0 Å². The van der Waals surface area contributed by atoms with Crippen LogP contribution in [0.15, 0.2) is 60.4 Å². The van der Waals surface area contributed by atoms with Gasteiger partial charge in [-0.1, -0.05) is 43.0 Å². The van der Waals surface area contributed by atoms with Crippen LogP contribution in [0.25, 0.3) is 6.08 Å². The Morgan fingerprint density at radius 3 is 2.59 bits per heavy atom. The number of anilines is 1. The van der Waals surface area contributed by atoms with Crippen molar-refractivity contribution in [1.82, 2.24) is 9.88 Å². The van der Waals surface area contributed by atoms with Crippen molar-refractivity contribution < 1.29 is 4.79 Å². The number of carbonyl (C=O) groups is 1. The number of benzene rings is 1. The van der Waals surface area contributed by atoms with E-state index in [1.54, 1.807) is 6.08 Å². The number of nitrogens with one attached hydrogen (secondary N) is 1. The fraction of sp³-hybridized carbons (Fsp3) is 0.304. The summed E-state index contributed by atoms with van der Waals surface area (Å²) in [6.07, 6.45) is 4.37. The second kappa shape index (κ2) is 5.81. The molecule has 2 aromatic rings. The number of hydrogen-bond donors (Lipinski definition) is 1. The van der Waals surface area contributed by atoms with Crippen LogP contribution in [-0.4, -0.2) is 28.4 Å². The Balaban J connectivity index is 2.04. The highest BCUT2D eigenvalue weighted by Gasteiger charge is 2.50. The SMILES string of the molecule is C=Cc1cnc2c(c1)C(C)(c1ccccc1)C1=C(CC(C)(C)N(C)C1=O)N2. The average Bonchev–Trinajstić information content (AvgIpc) is 2.66. The van der Waals surface area contributed by atoms with E-state index < -0.39 is 5.41 Å². The topological polar surface area (TPSA) is 45.2 Å². The van der Waals surface area contributed by atoms with Crippen molar-refractivity contribution in [3.05, 3.63) is 77.1 Å². The molecular formula is C23H25N3O. The van der Waals surface area contributed by atoms with Gasteiger partial charge in [0.1, 0.15) is 5.82 Å². The van der Waals surface area contributed by atoms with Crippen LogP contribution in [-0.2, 0) is 10.2 Å². The number of aromatic nitrogens is 1. The Labute approximate surface area is 160 Å². The second-order valence-corrected chi connectivity index (χ2v) is 8.19. The maximum Gasteiger partial charge on any atom is 0.252 e. The molecule has 4 nitrogen and oxygen atoms in total. The minimum absolute atomic E-state index is 0.0646. The molecule has 2 aliphatic rings. The molecule has 0 spiro atoms. The molecule has 138 valence electrons. The van der Waals surface area contributed by atoms with Crippen molar-refractivity contribution >= 4 is 17.8 Å². The zero-order chi connectivity index (χ0) is 19.4. The maximum atomic E-state index is 13.5. The van der Waals surface area contributed by atoms with Gasteiger partial charge in [-0.15, -0.1) is 0 Å². The van der Waals surface area contributed by atoms with Crippen molar-refractivity contribution in [2.24, 2.45) is 0 Å². The molecule has 2 aliphatic heterocycles. The highest BCUT2D eigenvalue weighted by atomic mass is 16.2. The number of carbonyl (C=O) groups excluding carboxylic acids is 1. The van der Waals surface area contributed by atoms with Crippen LogP contribution in [0.4, 0.5) is 5.82 Å². The first-order valence-electron chi connectivity index (χ1n) is 9.26. The summed E-state index contributed by atoms with van der Waals surface area (Å²) in [5, 5.41) is 3.47. The number of fused-ring (bicyclic) bond motifs is 1. The molecule has 1 atom stereocenters. The normalized spacial score (nSPS) is 23.4. The third-order valence-corrected chi connectivity index (χ3v) is 6.14. The molecular weight excluding hydrogens is 334 g/mol. The molecule has 1 aromatic heterocycles. The third-order valence-electron chi connectivity index (χ3n) is 6.14. The van der Waals surface area contributed by atoms with E-state index in [4.69, 9.17) is 0 Å². The molecule has 0 radical (unpaired) electrons. The van der Waals surface area contributed by atoms with Crippen LogP contribution in [0, 0.1) is 0 Å². The highest BCUT2D eigenvalue weighted by Crippen LogP contribution is 2.50. The Morgan fingerprint density at radius 2 is 1.93 bits per heavy atom. The molecule has 0 saturated heterocycles. The van der Waals surface area contributed by atoms with Crippen molar-refractivity contribution in [3.8, 4) is 0 Å². The highest BCUT2D eigenvalue weighted by molar-refractivity contribution is 6.01. The first kappa shape index (κ1) is 17.5. The second-order valence-electron chi connectivity index (χ2n) is 8.19. The Morgan fingerprint density at radius 1 is 1.22 bits per heavy atom. The minimum atomic E-state index is -0.578. The Kier molecular flexibility index (Phi) is 3.77. The van der Waals surface area contributed by atoms with E-state index in [0.29, 0.717) is 0 Å². The molecule has 1 N–H and O–H groups in total. The number of pyridine rings is 1. The lowest BCUT2D eigenvalue weighted by atomic mass is 9.65. The lowest BCUT2D eigenvalue weighted by Crippen LogP contribution is -2.54.